The summed E-state index contributed by atoms with van der Waals surface area (Å²) in [5, 5.41) is 5.57. The summed E-state index contributed by atoms with van der Waals surface area (Å²) >= 11 is 3.33. The van der Waals surface area contributed by atoms with Crippen molar-refractivity contribution in [1.82, 2.24) is 20.6 Å². The van der Waals surface area contributed by atoms with Crippen LogP contribution in [0, 0.1) is 13.8 Å². The Bertz CT molecular complexity index is 1000. The number of hydrogen-bond donors (Lipinski definition) is 2. The Balaban J connectivity index is 1.54. The molecule has 6 nitrogen and oxygen atoms in total. The largest absolute Gasteiger partial charge is 0.350 e. The normalized spacial score (nSPS) is 10.6. The Morgan fingerprint density at radius 1 is 0.815 bits per heavy atom. The number of aromatic nitrogens is 2. The maximum absolute atomic E-state index is 12.3. The van der Waals surface area contributed by atoms with Gasteiger partial charge >= 0.3 is 0 Å². The van der Waals surface area contributed by atoms with Crippen molar-refractivity contribution < 1.29 is 9.59 Å². The lowest BCUT2D eigenvalue weighted by Gasteiger charge is -2.08. The van der Waals surface area contributed by atoms with Crippen LogP contribution in [0.25, 0.3) is 11.0 Å². The van der Waals surface area contributed by atoms with Crippen LogP contribution in [0.3, 0.4) is 0 Å². The molecule has 0 saturated carbocycles. The molecule has 0 aliphatic carbocycles. The first-order valence-electron chi connectivity index (χ1n) is 8.51. The first kappa shape index (κ1) is 19.0. The summed E-state index contributed by atoms with van der Waals surface area (Å²) in [6.07, 6.45) is 0. The van der Waals surface area contributed by atoms with E-state index in [4.69, 9.17) is 0 Å². The summed E-state index contributed by atoms with van der Waals surface area (Å²) in [7, 11) is 0. The molecule has 2 amide bonds. The first-order chi connectivity index (χ1) is 12.9. The quantitative estimate of drug-likeness (QED) is 0.613. The molecule has 0 bridgehead atoms. The minimum Gasteiger partial charge on any atom is -0.350 e. The zero-order chi connectivity index (χ0) is 19.4. The van der Waals surface area contributed by atoms with Gasteiger partial charge in [-0.1, -0.05) is 15.9 Å². The van der Waals surface area contributed by atoms with Crippen molar-refractivity contribution in [1.29, 1.82) is 0 Å². The summed E-state index contributed by atoms with van der Waals surface area (Å²) in [5.41, 5.74) is 4.25. The molecule has 2 aromatic carbocycles. The molecular formula is C20H19BrN4O2. The second kappa shape index (κ2) is 8.26. The van der Waals surface area contributed by atoms with E-state index in [1.165, 1.54) is 0 Å². The lowest BCUT2D eigenvalue weighted by molar-refractivity contribution is 0.0927. The number of aryl methyl sites for hydroxylation is 2. The molecule has 1 heterocycles. The van der Waals surface area contributed by atoms with Crippen LogP contribution in [0.2, 0.25) is 0 Å². The minimum absolute atomic E-state index is 0.177. The predicted molar refractivity (Wildman–Crippen MR) is 108 cm³/mol. The molecule has 3 aromatic rings. The average Bonchev–Trinajstić information content (AvgIpc) is 2.66. The van der Waals surface area contributed by atoms with Crippen LogP contribution in [0.5, 0.6) is 0 Å². The summed E-state index contributed by atoms with van der Waals surface area (Å²) in [5.74, 6) is -0.390. The first-order valence-corrected chi connectivity index (χ1v) is 9.30. The maximum atomic E-state index is 12.3. The van der Waals surface area contributed by atoms with Crippen molar-refractivity contribution in [3.8, 4) is 0 Å². The standard InChI is InChI=1S/C20H19BrN4O2/c1-12-13(2)25-18-11-15(5-8-17(18)24-12)20(27)23-10-9-22-19(26)14-3-6-16(21)7-4-14/h3-8,11H,9-10H2,1-2H3,(H,22,26)(H,23,27). The molecular weight excluding hydrogens is 408 g/mol. The smallest absolute Gasteiger partial charge is 0.251 e. The van der Waals surface area contributed by atoms with Gasteiger partial charge in [0.05, 0.1) is 22.4 Å². The summed E-state index contributed by atoms with van der Waals surface area (Å²) in [6, 6.07) is 12.3. The molecule has 1 aromatic heterocycles. The highest BCUT2D eigenvalue weighted by atomic mass is 79.9. The average molecular weight is 427 g/mol. The highest BCUT2D eigenvalue weighted by Crippen LogP contribution is 2.14. The highest BCUT2D eigenvalue weighted by Gasteiger charge is 2.09. The number of benzene rings is 2. The number of carbonyl (C=O) groups excluding carboxylic acids is 2. The molecule has 2 N–H and O–H groups in total. The van der Waals surface area contributed by atoms with Gasteiger partial charge in [0.2, 0.25) is 0 Å². The van der Waals surface area contributed by atoms with Gasteiger partial charge in [-0.3, -0.25) is 9.59 Å². The van der Waals surface area contributed by atoms with Crippen molar-refractivity contribution >= 4 is 38.8 Å². The van der Waals surface area contributed by atoms with E-state index in [2.05, 4.69) is 36.5 Å². The number of nitrogens with zero attached hydrogens (tertiary/aromatic N) is 2. The predicted octanol–water partition coefficient (Wildman–Crippen LogP) is 3.17. The number of fused-ring (bicyclic) bond motifs is 1. The number of hydrogen-bond acceptors (Lipinski definition) is 4. The Morgan fingerprint density at radius 3 is 1.96 bits per heavy atom. The fraction of sp³-hybridized carbons (Fsp3) is 0.200. The van der Waals surface area contributed by atoms with E-state index in [0.29, 0.717) is 29.7 Å². The van der Waals surface area contributed by atoms with Crippen LogP contribution in [0.1, 0.15) is 32.1 Å². The van der Waals surface area contributed by atoms with E-state index < -0.39 is 0 Å². The van der Waals surface area contributed by atoms with E-state index in [0.717, 1.165) is 21.4 Å². The molecule has 0 spiro atoms. The molecule has 0 aliphatic rings. The van der Waals surface area contributed by atoms with Crippen LogP contribution in [0.4, 0.5) is 0 Å². The minimum atomic E-state index is -0.213. The molecule has 0 fully saturated rings. The third-order valence-corrected chi connectivity index (χ3v) is 4.67. The fourth-order valence-corrected chi connectivity index (χ4v) is 2.79. The highest BCUT2D eigenvalue weighted by molar-refractivity contribution is 9.10. The third kappa shape index (κ3) is 4.68. The third-order valence-electron chi connectivity index (χ3n) is 4.14. The lowest BCUT2D eigenvalue weighted by Crippen LogP contribution is -2.34. The Labute approximate surface area is 165 Å². The Hall–Kier alpha value is -2.80. The second-order valence-corrected chi connectivity index (χ2v) is 7.03. The maximum Gasteiger partial charge on any atom is 0.251 e. The van der Waals surface area contributed by atoms with Gasteiger partial charge in [0, 0.05) is 28.7 Å². The molecule has 27 heavy (non-hydrogen) atoms. The van der Waals surface area contributed by atoms with Crippen LogP contribution >= 0.6 is 15.9 Å². The van der Waals surface area contributed by atoms with E-state index >= 15 is 0 Å². The Kier molecular flexibility index (Phi) is 5.81. The zero-order valence-electron chi connectivity index (χ0n) is 15.0. The number of amides is 2. The number of rotatable bonds is 5. The monoisotopic (exact) mass is 426 g/mol. The summed E-state index contributed by atoms with van der Waals surface area (Å²) in [6.45, 7) is 4.47. The van der Waals surface area contributed by atoms with Crippen molar-refractivity contribution in [3.05, 3.63) is 69.5 Å². The molecule has 0 saturated heterocycles. The van der Waals surface area contributed by atoms with Gasteiger partial charge in [-0.2, -0.15) is 0 Å². The van der Waals surface area contributed by atoms with Crippen molar-refractivity contribution in [2.75, 3.05) is 13.1 Å². The van der Waals surface area contributed by atoms with Gasteiger partial charge in [0.15, 0.2) is 0 Å². The summed E-state index contributed by atoms with van der Waals surface area (Å²) in [4.78, 5) is 33.3. The van der Waals surface area contributed by atoms with Gasteiger partial charge in [0.1, 0.15) is 0 Å². The second-order valence-electron chi connectivity index (χ2n) is 6.12. The van der Waals surface area contributed by atoms with Crippen molar-refractivity contribution in [2.45, 2.75) is 13.8 Å². The van der Waals surface area contributed by atoms with E-state index in [9.17, 15) is 9.59 Å². The number of nitrogens with one attached hydrogen (secondary N) is 2. The zero-order valence-corrected chi connectivity index (χ0v) is 16.6. The lowest BCUT2D eigenvalue weighted by atomic mass is 10.1. The molecule has 0 radical (unpaired) electrons. The molecule has 7 heteroatoms. The van der Waals surface area contributed by atoms with Crippen molar-refractivity contribution in [3.63, 3.8) is 0 Å². The van der Waals surface area contributed by atoms with Crippen LogP contribution < -0.4 is 10.6 Å². The van der Waals surface area contributed by atoms with Crippen molar-refractivity contribution in [2.24, 2.45) is 0 Å². The number of halogens is 1. The van der Waals surface area contributed by atoms with Crippen LogP contribution in [0.15, 0.2) is 46.9 Å². The van der Waals surface area contributed by atoms with Gasteiger partial charge in [-0.05, 0) is 56.3 Å². The summed E-state index contributed by atoms with van der Waals surface area (Å²) < 4.78 is 0.914. The molecule has 0 aliphatic heterocycles. The van der Waals surface area contributed by atoms with Gasteiger partial charge < -0.3 is 10.6 Å². The SMILES string of the molecule is Cc1nc2ccc(C(=O)NCCNC(=O)c3ccc(Br)cc3)cc2nc1C. The van der Waals surface area contributed by atoms with Crippen LogP contribution in [-0.4, -0.2) is 34.9 Å². The van der Waals surface area contributed by atoms with Gasteiger partial charge in [0.25, 0.3) is 11.8 Å². The van der Waals surface area contributed by atoms with E-state index in [1.54, 1.807) is 30.3 Å². The molecule has 0 atom stereocenters. The molecule has 3 rings (SSSR count). The molecule has 0 unspecified atom stereocenters. The van der Waals surface area contributed by atoms with Gasteiger partial charge in [-0.25, -0.2) is 9.97 Å². The van der Waals surface area contributed by atoms with Crippen LogP contribution in [-0.2, 0) is 0 Å². The molecule has 138 valence electrons. The van der Waals surface area contributed by atoms with E-state index in [-0.39, 0.29) is 11.8 Å². The van der Waals surface area contributed by atoms with Gasteiger partial charge in [-0.15, -0.1) is 0 Å². The van der Waals surface area contributed by atoms with E-state index in [1.807, 2.05) is 26.0 Å². The fourth-order valence-electron chi connectivity index (χ4n) is 2.53. The Morgan fingerprint density at radius 2 is 1.33 bits per heavy atom. The number of carbonyl (C=O) groups is 2. The topological polar surface area (TPSA) is 84.0 Å².